The normalized spacial score (nSPS) is 10.9. The van der Waals surface area contributed by atoms with Gasteiger partial charge in [0.15, 0.2) is 12.3 Å². The maximum absolute atomic E-state index is 11.8. The Morgan fingerprint density at radius 2 is 1.78 bits per heavy atom. The van der Waals surface area contributed by atoms with Gasteiger partial charge in [0.05, 0.1) is 0 Å². The number of hydrogen-bond donors (Lipinski definition) is 5. The standard InChI is InChI=1S/C15H18N6O2/c16-11-1-3-12(4-2-11)20-15(22)9-23-14-7-5-13(6-8-14)21(18)10-19-17/h1-8,10H,9,16-18H2,(H,20,22)/p+1. The fourth-order valence-electron chi connectivity index (χ4n) is 1.78. The van der Waals surface area contributed by atoms with Crippen molar-refractivity contribution in [2.24, 2.45) is 11.7 Å². The molecule has 0 heterocycles. The molecule has 8 N–H and O–H groups in total. The summed E-state index contributed by atoms with van der Waals surface area (Å²) in [5.74, 6) is 11.1. The van der Waals surface area contributed by atoms with Crippen LogP contribution in [-0.4, -0.2) is 23.5 Å². The molecule has 2 aromatic carbocycles. The van der Waals surface area contributed by atoms with E-state index in [1.165, 1.54) is 11.0 Å². The Hall–Kier alpha value is -3.26. The highest BCUT2D eigenvalue weighted by atomic mass is 16.5. The molecule has 0 spiro atoms. The van der Waals surface area contributed by atoms with Crippen LogP contribution in [0.15, 0.2) is 48.5 Å². The number of hydrogen-bond acceptors (Lipinski definition) is 5. The predicted octanol–water partition coefficient (Wildman–Crippen LogP) is 0.296. The molecule has 0 saturated heterocycles. The fourth-order valence-corrected chi connectivity index (χ4v) is 1.78. The molecule has 2 rings (SSSR count). The second kappa shape index (κ2) is 7.66. The van der Waals surface area contributed by atoms with Crippen molar-refractivity contribution in [3.8, 4) is 5.75 Å². The minimum absolute atomic E-state index is 0.105. The minimum atomic E-state index is -0.264. The summed E-state index contributed by atoms with van der Waals surface area (Å²) in [6, 6.07) is 13.7. The van der Waals surface area contributed by atoms with Crippen molar-refractivity contribution in [3.63, 3.8) is 0 Å². The van der Waals surface area contributed by atoms with Crippen molar-refractivity contribution >= 4 is 29.3 Å². The lowest BCUT2D eigenvalue weighted by Gasteiger charge is -2.08. The van der Waals surface area contributed by atoms with Crippen LogP contribution in [0.1, 0.15) is 0 Å². The Labute approximate surface area is 133 Å². The number of amides is 1. The molecule has 0 aromatic heterocycles. The fraction of sp³-hybridized carbons (Fsp3) is 0.0667. The van der Waals surface area contributed by atoms with Gasteiger partial charge in [0.25, 0.3) is 12.2 Å². The van der Waals surface area contributed by atoms with E-state index < -0.39 is 0 Å². The average molecular weight is 315 g/mol. The number of anilines is 2. The van der Waals surface area contributed by atoms with Crippen LogP contribution in [0.5, 0.6) is 5.75 Å². The highest BCUT2D eigenvalue weighted by Gasteiger charge is 2.05. The van der Waals surface area contributed by atoms with Crippen LogP contribution in [0, 0.1) is 0 Å². The summed E-state index contributed by atoms with van der Waals surface area (Å²) in [5, 5.41) is 2.71. The molecule has 0 aliphatic rings. The van der Waals surface area contributed by atoms with Gasteiger partial charge in [-0.05, 0) is 48.5 Å². The van der Waals surface area contributed by atoms with E-state index in [0.29, 0.717) is 22.8 Å². The van der Waals surface area contributed by atoms with Gasteiger partial charge in [-0.25, -0.2) is 5.43 Å². The molecule has 2 aromatic rings. The number of hydrazone groups is 1. The Balaban J connectivity index is 1.86. The molecule has 0 aliphatic carbocycles. The summed E-state index contributed by atoms with van der Waals surface area (Å²) in [7, 11) is 0. The monoisotopic (exact) mass is 315 g/mol. The minimum Gasteiger partial charge on any atom is -0.484 e. The quantitative estimate of drug-likeness (QED) is 0.130. The van der Waals surface area contributed by atoms with Gasteiger partial charge in [-0.15, -0.1) is 4.68 Å². The molecule has 0 atom stereocenters. The van der Waals surface area contributed by atoms with E-state index in [9.17, 15) is 4.79 Å². The summed E-state index contributed by atoms with van der Waals surface area (Å²) in [6.07, 6.45) is 1.40. The van der Waals surface area contributed by atoms with Gasteiger partial charge in [0, 0.05) is 11.4 Å². The van der Waals surface area contributed by atoms with Crippen LogP contribution in [-0.2, 0) is 4.79 Å². The zero-order chi connectivity index (χ0) is 16.7. The van der Waals surface area contributed by atoms with Crippen LogP contribution < -0.4 is 32.9 Å². The van der Waals surface area contributed by atoms with E-state index in [0.717, 1.165) is 0 Å². The van der Waals surface area contributed by atoms with Gasteiger partial charge in [-0.3, -0.25) is 10.6 Å². The van der Waals surface area contributed by atoms with Gasteiger partial charge in [0.2, 0.25) is 0 Å². The van der Waals surface area contributed by atoms with Crippen LogP contribution in [0.25, 0.3) is 0 Å². The SMILES string of the molecule is NN/C=[N+](\N)c1ccc(OCC(=O)Nc2ccc(N)cc2)cc1. The lowest BCUT2D eigenvalue weighted by Crippen LogP contribution is -2.28. The Morgan fingerprint density at radius 1 is 1.13 bits per heavy atom. The number of nitrogens with zero attached hydrogens (tertiary/aromatic N) is 1. The number of hydrazine groups is 2. The lowest BCUT2D eigenvalue weighted by molar-refractivity contribution is -0.449. The van der Waals surface area contributed by atoms with E-state index in [2.05, 4.69) is 10.7 Å². The van der Waals surface area contributed by atoms with Crippen molar-refractivity contribution in [1.29, 1.82) is 0 Å². The number of nitrogen functional groups attached to an aromatic ring is 1. The van der Waals surface area contributed by atoms with Crippen molar-refractivity contribution in [2.75, 3.05) is 17.7 Å². The topological polar surface area (TPSA) is 131 Å². The third-order valence-electron chi connectivity index (χ3n) is 2.91. The maximum atomic E-state index is 11.8. The van der Waals surface area contributed by atoms with Gasteiger partial charge in [0.1, 0.15) is 5.75 Å². The van der Waals surface area contributed by atoms with Crippen molar-refractivity contribution < 1.29 is 14.2 Å². The van der Waals surface area contributed by atoms with E-state index in [-0.39, 0.29) is 12.5 Å². The zero-order valence-corrected chi connectivity index (χ0v) is 12.4. The first kappa shape index (κ1) is 16.1. The summed E-state index contributed by atoms with van der Waals surface area (Å²) >= 11 is 0. The molecular weight excluding hydrogens is 296 g/mol. The molecular formula is C15H19N6O2+. The number of nitrogens with two attached hydrogens (primary N) is 3. The Morgan fingerprint density at radius 3 is 2.39 bits per heavy atom. The second-order valence-electron chi connectivity index (χ2n) is 4.66. The van der Waals surface area contributed by atoms with Crippen LogP contribution >= 0.6 is 0 Å². The van der Waals surface area contributed by atoms with Gasteiger partial charge in [-0.2, -0.15) is 5.84 Å². The number of carbonyl (C=O) groups excluding carboxylic acids is 1. The summed E-state index contributed by atoms with van der Waals surface area (Å²) in [4.78, 5) is 11.8. The van der Waals surface area contributed by atoms with Crippen LogP contribution in [0.4, 0.5) is 17.1 Å². The van der Waals surface area contributed by atoms with E-state index in [1.807, 2.05) is 0 Å². The molecule has 120 valence electrons. The van der Waals surface area contributed by atoms with Crippen molar-refractivity contribution in [2.45, 2.75) is 0 Å². The number of ether oxygens (including phenoxy) is 1. The first-order valence-electron chi connectivity index (χ1n) is 6.80. The molecule has 0 aliphatic heterocycles. The number of carbonyl (C=O) groups is 1. The van der Waals surface area contributed by atoms with Crippen molar-refractivity contribution in [1.82, 2.24) is 5.43 Å². The zero-order valence-electron chi connectivity index (χ0n) is 12.4. The second-order valence-corrected chi connectivity index (χ2v) is 4.66. The number of benzene rings is 2. The predicted molar refractivity (Wildman–Crippen MR) is 88.9 cm³/mol. The highest BCUT2D eigenvalue weighted by Crippen LogP contribution is 2.16. The van der Waals surface area contributed by atoms with Gasteiger partial charge < -0.3 is 15.8 Å². The molecule has 0 bridgehead atoms. The molecule has 23 heavy (non-hydrogen) atoms. The van der Waals surface area contributed by atoms with Crippen LogP contribution in [0.2, 0.25) is 0 Å². The molecule has 0 unspecified atom stereocenters. The van der Waals surface area contributed by atoms with E-state index >= 15 is 0 Å². The molecule has 8 nitrogen and oxygen atoms in total. The summed E-state index contributed by atoms with van der Waals surface area (Å²) in [6.45, 7) is -0.105. The molecule has 0 radical (unpaired) electrons. The average Bonchev–Trinajstić information content (AvgIpc) is 2.56. The molecule has 1 amide bonds. The van der Waals surface area contributed by atoms with Crippen molar-refractivity contribution in [3.05, 3.63) is 48.5 Å². The first-order valence-corrected chi connectivity index (χ1v) is 6.80. The van der Waals surface area contributed by atoms with Gasteiger partial charge in [-0.1, -0.05) is 0 Å². The third kappa shape index (κ3) is 4.90. The maximum Gasteiger partial charge on any atom is 0.278 e. The highest BCUT2D eigenvalue weighted by molar-refractivity contribution is 5.92. The Bertz CT molecular complexity index is 682. The van der Waals surface area contributed by atoms with E-state index in [1.54, 1.807) is 48.5 Å². The number of rotatable bonds is 6. The summed E-state index contributed by atoms with van der Waals surface area (Å²) in [5.41, 5.74) is 9.92. The van der Waals surface area contributed by atoms with Gasteiger partial charge >= 0.3 is 0 Å². The third-order valence-corrected chi connectivity index (χ3v) is 2.91. The smallest absolute Gasteiger partial charge is 0.278 e. The summed E-state index contributed by atoms with van der Waals surface area (Å²) < 4.78 is 6.73. The lowest BCUT2D eigenvalue weighted by atomic mass is 10.3. The first-order chi connectivity index (χ1) is 11.1. The number of nitrogens with one attached hydrogen (secondary N) is 2. The van der Waals surface area contributed by atoms with E-state index in [4.69, 9.17) is 22.2 Å². The van der Waals surface area contributed by atoms with Crippen LogP contribution in [0.3, 0.4) is 0 Å². The largest absolute Gasteiger partial charge is 0.484 e. The molecule has 0 saturated carbocycles. The molecule has 8 heteroatoms. The molecule has 0 fully saturated rings. The Kier molecular flexibility index (Phi) is 5.37.